The third-order valence-electron chi connectivity index (χ3n) is 5.49. The minimum Gasteiger partial charge on any atom is -0.432 e. The molecule has 1 atom stereocenters. The molecule has 1 aliphatic heterocycles. The zero-order valence-corrected chi connectivity index (χ0v) is 17.6. The molecule has 2 N–H and O–H groups in total. The van der Waals surface area contributed by atoms with Crippen LogP contribution in [0.25, 0.3) is 5.52 Å². The van der Waals surface area contributed by atoms with Crippen molar-refractivity contribution in [2.24, 2.45) is 0 Å². The van der Waals surface area contributed by atoms with Crippen LogP contribution in [0, 0.1) is 5.82 Å². The van der Waals surface area contributed by atoms with Crippen LogP contribution >= 0.6 is 0 Å². The Bertz CT molecular complexity index is 1350. The monoisotopic (exact) mass is 460 g/mol. The molecule has 4 aromatic rings. The first-order chi connectivity index (χ1) is 15.6. The van der Waals surface area contributed by atoms with Crippen LogP contribution in [0.15, 0.2) is 35.1 Å². The van der Waals surface area contributed by atoms with Crippen LogP contribution in [0.1, 0.15) is 65.5 Å². The van der Waals surface area contributed by atoms with Gasteiger partial charge in [-0.2, -0.15) is 5.10 Å². The van der Waals surface area contributed by atoms with E-state index in [1.165, 1.54) is 47.9 Å². The molecule has 12 heteroatoms. The molecular weight excluding hydrogens is 441 g/mol. The van der Waals surface area contributed by atoms with Crippen LogP contribution in [-0.2, 0) is 12.0 Å². The maximum atomic E-state index is 13.7. The molecule has 5 rings (SSSR count). The number of rotatable bonds is 4. The fourth-order valence-electron chi connectivity index (χ4n) is 3.94. The van der Waals surface area contributed by atoms with E-state index in [1.54, 1.807) is 6.07 Å². The van der Waals surface area contributed by atoms with Crippen LogP contribution in [-0.4, -0.2) is 47.0 Å². The average molecular weight is 460 g/mol. The zero-order valence-electron chi connectivity index (χ0n) is 17.6. The van der Waals surface area contributed by atoms with Gasteiger partial charge >= 0.3 is 0 Å². The van der Waals surface area contributed by atoms with Crippen LogP contribution < -0.4 is 0 Å². The molecule has 4 aromatic heterocycles. The van der Waals surface area contributed by atoms with Crippen molar-refractivity contribution in [1.29, 1.82) is 0 Å². The maximum absolute atomic E-state index is 13.7. The third-order valence-corrected chi connectivity index (χ3v) is 5.49. The Labute approximate surface area is 184 Å². The van der Waals surface area contributed by atoms with E-state index >= 15 is 0 Å². The van der Waals surface area contributed by atoms with Gasteiger partial charge in [0.1, 0.15) is 17.5 Å². The van der Waals surface area contributed by atoms with Crippen molar-refractivity contribution in [2.45, 2.75) is 38.3 Å². The largest absolute Gasteiger partial charge is 0.432 e. The molecule has 0 aromatic carbocycles. The molecule has 0 unspecified atom stereocenters. The van der Waals surface area contributed by atoms with E-state index in [0.29, 0.717) is 23.3 Å². The van der Waals surface area contributed by atoms with Gasteiger partial charge in [-0.3, -0.25) is 4.79 Å². The summed E-state index contributed by atoms with van der Waals surface area (Å²) in [6.45, 7) is 2.79. The van der Waals surface area contributed by atoms with Gasteiger partial charge < -0.3 is 19.4 Å². The number of amides is 1. The number of imidazole rings is 1. The Hall–Kier alpha value is -3.67. The Balaban J connectivity index is 1.62. The molecule has 33 heavy (non-hydrogen) atoms. The molecule has 0 aliphatic carbocycles. The van der Waals surface area contributed by atoms with Gasteiger partial charge in [0.25, 0.3) is 12.3 Å². The van der Waals surface area contributed by atoms with E-state index in [4.69, 9.17) is 4.42 Å². The van der Waals surface area contributed by atoms with Crippen molar-refractivity contribution in [3.63, 3.8) is 0 Å². The molecular formula is C21H19F3N6O3. The normalized spacial score (nSPS) is 16.6. The molecule has 1 aliphatic rings. The Morgan fingerprint density at radius 3 is 2.88 bits per heavy atom. The second-order valence-corrected chi connectivity index (χ2v) is 8.30. The van der Waals surface area contributed by atoms with Crippen molar-refractivity contribution >= 4 is 11.4 Å². The van der Waals surface area contributed by atoms with Gasteiger partial charge in [-0.15, -0.1) is 0 Å². The molecule has 1 amide bonds. The molecule has 0 saturated heterocycles. The molecule has 172 valence electrons. The second-order valence-electron chi connectivity index (χ2n) is 8.30. The van der Waals surface area contributed by atoms with Crippen LogP contribution in [0.2, 0.25) is 0 Å². The molecule has 0 bridgehead atoms. The number of nitrogens with one attached hydrogen (secondary N) is 1. The van der Waals surface area contributed by atoms with Gasteiger partial charge in [0, 0.05) is 18.7 Å². The predicted molar refractivity (Wildman–Crippen MR) is 107 cm³/mol. The summed E-state index contributed by atoms with van der Waals surface area (Å²) >= 11 is 0. The number of hydrogen-bond acceptors (Lipinski definition) is 6. The number of aliphatic hydroxyl groups is 1. The highest BCUT2D eigenvalue weighted by Gasteiger charge is 2.40. The minimum atomic E-state index is -3.09. The Morgan fingerprint density at radius 2 is 2.15 bits per heavy atom. The highest BCUT2D eigenvalue weighted by Crippen LogP contribution is 2.36. The van der Waals surface area contributed by atoms with Crippen molar-refractivity contribution in [2.75, 3.05) is 6.54 Å². The first kappa shape index (κ1) is 21.2. The van der Waals surface area contributed by atoms with E-state index in [9.17, 15) is 23.1 Å². The van der Waals surface area contributed by atoms with Gasteiger partial charge in [0.05, 0.1) is 29.4 Å². The molecule has 9 nitrogen and oxygen atoms in total. The average Bonchev–Trinajstić information content (AvgIpc) is 3.48. The lowest BCUT2D eigenvalue weighted by molar-refractivity contribution is 0.0440. The second kappa shape index (κ2) is 7.44. The van der Waals surface area contributed by atoms with Crippen LogP contribution in [0.4, 0.5) is 13.2 Å². The Morgan fingerprint density at radius 1 is 1.36 bits per heavy atom. The smallest absolute Gasteiger partial charge is 0.292 e. The lowest BCUT2D eigenvalue weighted by Crippen LogP contribution is -2.41. The number of fused-ring (bicyclic) bond motifs is 2. The van der Waals surface area contributed by atoms with Gasteiger partial charge in [-0.1, -0.05) is 0 Å². The summed E-state index contributed by atoms with van der Waals surface area (Å²) in [5, 5.41) is 14.6. The molecule has 0 saturated carbocycles. The van der Waals surface area contributed by atoms with E-state index in [-0.39, 0.29) is 6.54 Å². The number of aromatic amines is 1. The number of H-pyrrole nitrogens is 1. The van der Waals surface area contributed by atoms with E-state index in [1.807, 2.05) is 0 Å². The number of nitrogens with zero attached hydrogens (tertiary/aromatic N) is 5. The number of alkyl halides is 2. The summed E-state index contributed by atoms with van der Waals surface area (Å²) in [5.41, 5.74) is -0.275. The predicted octanol–water partition coefficient (Wildman–Crippen LogP) is 3.14. The number of pyridine rings is 1. The fraction of sp³-hybridized carbons (Fsp3) is 0.333. The summed E-state index contributed by atoms with van der Waals surface area (Å²) in [7, 11) is 0. The molecule has 0 spiro atoms. The van der Waals surface area contributed by atoms with Crippen molar-refractivity contribution < 1.29 is 27.5 Å². The lowest BCUT2D eigenvalue weighted by Gasteiger charge is -2.33. The van der Waals surface area contributed by atoms with Crippen molar-refractivity contribution in [3.8, 4) is 0 Å². The summed E-state index contributed by atoms with van der Waals surface area (Å²) in [4.78, 5) is 25.8. The van der Waals surface area contributed by atoms with Gasteiger partial charge in [0.2, 0.25) is 11.7 Å². The van der Waals surface area contributed by atoms with E-state index < -0.39 is 47.1 Å². The van der Waals surface area contributed by atoms with Crippen LogP contribution in [0.5, 0.6) is 0 Å². The molecule has 5 heterocycles. The number of carbonyl (C=O) groups is 1. The molecule has 0 fully saturated rings. The maximum Gasteiger partial charge on any atom is 0.292 e. The number of hydrogen-bond donors (Lipinski definition) is 2. The highest BCUT2D eigenvalue weighted by atomic mass is 19.3. The topological polar surface area (TPSA) is 113 Å². The van der Waals surface area contributed by atoms with E-state index in [0.717, 1.165) is 5.69 Å². The van der Waals surface area contributed by atoms with Gasteiger partial charge in [-0.25, -0.2) is 27.7 Å². The summed E-state index contributed by atoms with van der Waals surface area (Å²) in [5.74, 6) is -2.37. The van der Waals surface area contributed by atoms with Crippen molar-refractivity contribution in [1.82, 2.24) is 29.5 Å². The Kier molecular flexibility index (Phi) is 4.78. The van der Waals surface area contributed by atoms with E-state index in [2.05, 4.69) is 20.1 Å². The number of halogens is 3. The summed E-state index contributed by atoms with van der Waals surface area (Å²) in [6, 6.07) is 3.65. The minimum absolute atomic E-state index is 0.155. The fourth-order valence-corrected chi connectivity index (χ4v) is 3.94. The molecule has 0 radical (unpaired) electrons. The van der Waals surface area contributed by atoms with Gasteiger partial charge in [0.15, 0.2) is 5.69 Å². The number of carbonyl (C=O) groups excluding carboxylic acids is 1. The zero-order chi connectivity index (χ0) is 23.5. The summed E-state index contributed by atoms with van der Waals surface area (Å²) in [6.07, 6.45) is -0.0193. The van der Waals surface area contributed by atoms with Gasteiger partial charge in [-0.05, 0) is 32.0 Å². The number of aromatic nitrogens is 5. The highest BCUT2D eigenvalue weighted by molar-refractivity contribution is 5.93. The number of oxazole rings is 1. The first-order valence-corrected chi connectivity index (χ1v) is 10.1. The first-order valence-electron chi connectivity index (χ1n) is 10.1. The summed E-state index contributed by atoms with van der Waals surface area (Å²) < 4.78 is 47.8. The SMILES string of the molecule is CC(C)(O)c1nc(C(F)F)c(C(=O)N2CCc3[nH]cnc3[C@@H]2c2cc3ccc(F)cn3n2)o1. The lowest BCUT2D eigenvalue weighted by atomic mass is 9.99. The van der Waals surface area contributed by atoms with Crippen molar-refractivity contribution in [3.05, 3.63) is 71.0 Å². The standard InChI is InChI=1S/C21H19F3N6O3/c1-21(2,32)20-27-15(18(23)24)17(33-20)19(31)29-6-5-12-14(26-9-25-12)16(29)13-7-11-4-3-10(22)8-30(11)28-13/h3-4,7-9,16,18,32H,5-6H2,1-2H3,(H,25,26)/t16-/m0/s1. The van der Waals surface area contributed by atoms with Crippen LogP contribution in [0.3, 0.4) is 0 Å². The quantitative estimate of drug-likeness (QED) is 0.484. The third kappa shape index (κ3) is 3.55.